The Bertz CT molecular complexity index is 1130. The number of nitrogens with one attached hydrogen (secondary N) is 2. The van der Waals surface area contributed by atoms with Gasteiger partial charge < -0.3 is 20.5 Å². The molecule has 0 spiro atoms. The molecule has 0 saturated carbocycles. The van der Waals surface area contributed by atoms with Crippen molar-refractivity contribution in [1.29, 1.82) is 0 Å². The first-order valence-electron chi connectivity index (χ1n) is 10.7. The SMILES string of the molecule is C[C@@H](NC(=O)OCC1c2ccccc2-c2ccccc21)C(=O)NC(C(=O)O)c1ccccc1. The lowest BCUT2D eigenvalue weighted by atomic mass is 9.98. The van der Waals surface area contributed by atoms with Crippen LogP contribution in [0.2, 0.25) is 0 Å². The quantitative estimate of drug-likeness (QED) is 0.513. The van der Waals surface area contributed by atoms with Crippen LogP contribution in [0.15, 0.2) is 78.9 Å². The van der Waals surface area contributed by atoms with Crippen LogP contribution in [0.25, 0.3) is 11.1 Å². The predicted molar refractivity (Wildman–Crippen MR) is 123 cm³/mol. The Morgan fingerprint density at radius 2 is 1.39 bits per heavy atom. The minimum Gasteiger partial charge on any atom is -0.479 e. The lowest BCUT2D eigenvalue weighted by Crippen LogP contribution is -2.47. The Morgan fingerprint density at radius 3 is 1.97 bits per heavy atom. The van der Waals surface area contributed by atoms with E-state index in [0.29, 0.717) is 5.56 Å². The zero-order valence-electron chi connectivity index (χ0n) is 18.0. The molecule has 0 aromatic heterocycles. The molecule has 7 nitrogen and oxygen atoms in total. The van der Waals surface area contributed by atoms with Gasteiger partial charge in [0.05, 0.1) is 0 Å². The van der Waals surface area contributed by atoms with Crippen molar-refractivity contribution in [2.75, 3.05) is 6.61 Å². The number of carboxylic acid groups (broad SMARTS) is 1. The van der Waals surface area contributed by atoms with Gasteiger partial charge in [0.15, 0.2) is 6.04 Å². The summed E-state index contributed by atoms with van der Waals surface area (Å²) in [6.07, 6.45) is -0.744. The Hall–Kier alpha value is -4.13. The van der Waals surface area contributed by atoms with Crippen molar-refractivity contribution < 1.29 is 24.2 Å². The third kappa shape index (κ3) is 4.72. The van der Waals surface area contributed by atoms with Gasteiger partial charge in [-0.25, -0.2) is 9.59 Å². The predicted octanol–water partition coefficient (Wildman–Crippen LogP) is 3.86. The number of carbonyl (C=O) groups excluding carboxylic acids is 2. The minimum absolute atomic E-state index is 0.0956. The molecule has 1 aliphatic carbocycles. The number of alkyl carbamates (subject to hydrolysis) is 1. The van der Waals surface area contributed by atoms with E-state index in [0.717, 1.165) is 22.3 Å². The van der Waals surface area contributed by atoms with E-state index in [4.69, 9.17) is 4.74 Å². The Morgan fingerprint density at radius 1 is 0.848 bits per heavy atom. The van der Waals surface area contributed by atoms with Crippen LogP contribution in [0.5, 0.6) is 0 Å². The molecular formula is C26H24N2O5. The van der Waals surface area contributed by atoms with Gasteiger partial charge in [-0.1, -0.05) is 78.9 Å². The molecular weight excluding hydrogens is 420 g/mol. The summed E-state index contributed by atoms with van der Waals surface area (Å²) < 4.78 is 5.45. The number of carbonyl (C=O) groups is 3. The summed E-state index contributed by atoms with van der Waals surface area (Å²) in [5.41, 5.74) is 4.85. The summed E-state index contributed by atoms with van der Waals surface area (Å²) in [4.78, 5) is 36.5. The number of amides is 2. The number of carboxylic acids is 1. The van der Waals surface area contributed by atoms with Gasteiger partial charge in [0.1, 0.15) is 12.6 Å². The van der Waals surface area contributed by atoms with E-state index in [1.807, 2.05) is 48.5 Å². The first kappa shape index (κ1) is 22.1. The maximum absolute atomic E-state index is 12.5. The molecule has 1 aliphatic rings. The van der Waals surface area contributed by atoms with Crippen LogP contribution in [-0.2, 0) is 14.3 Å². The molecule has 0 radical (unpaired) electrons. The van der Waals surface area contributed by atoms with Crippen molar-refractivity contribution in [1.82, 2.24) is 10.6 Å². The summed E-state index contributed by atoms with van der Waals surface area (Å²) in [5.74, 6) is -1.91. The molecule has 168 valence electrons. The summed E-state index contributed by atoms with van der Waals surface area (Å²) in [6.45, 7) is 1.59. The van der Waals surface area contributed by atoms with Crippen LogP contribution in [0.1, 0.15) is 35.6 Å². The van der Waals surface area contributed by atoms with Crippen LogP contribution in [0, 0.1) is 0 Å². The fourth-order valence-electron chi connectivity index (χ4n) is 4.08. The molecule has 3 N–H and O–H groups in total. The first-order chi connectivity index (χ1) is 16.0. The van der Waals surface area contributed by atoms with Crippen molar-refractivity contribution in [3.8, 4) is 11.1 Å². The minimum atomic E-state index is -1.22. The molecule has 7 heteroatoms. The summed E-state index contributed by atoms with van der Waals surface area (Å²) in [5, 5.41) is 14.4. The number of rotatable bonds is 7. The fraction of sp³-hybridized carbons (Fsp3) is 0.192. The highest BCUT2D eigenvalue weighted by Gasteiger charge is 2.30. The van der Waals surface area contributed by atoms with E-state index in [2.05, 4.69) is 10.6 Å². The van der Waals surface area contributed by atoms with E-state index in [1.54, 1.807) is 30.3 Å². The van der Waals surface area contributed by atoms with Gasteiger partial charge in [-0.2, -0.15) is 0 Å². The van der Waals surface area contributed by atoms with Crippen LogP contribution in [-0.4, -0.2) is 35.7 Å². The van der Waals surface area contributed by atoms with Gasteiger partial charge in [-0.3, -0.25) is 4.79 Å². The first-order valence-corrected chi connectivity index (χ1v) is 10.7. The van der Waals surface area contributed by atoms with Gasteiger partial charge in [0, 0.05) is 5.92 Å². The number of hydrogen-bond donors (Lipinski definition) is 3. The van der Waals surface area contributed by atoms with Crippen LogP contribution >= 0.6 is 0 Å². The second-order valence-electron chi connectivity index (χ2n) is 7.88. The van der Waals surface area contributed by atoms with Gasteiger partial charge >= 0.3 is 12.1 Å². The fourth-order valence-corrected chi connectivity index (χ4v) is 4.08. The molecule has 4 rings (SSSR count). The number of aliphatic carboxylic acids is 1. The highest BCUT2D eigenvalue weighted by Crippen LogP contribution is 2.44. The third-order valence-corrected chi connectivity index (χ3v) is 5.74. The van der Waals surface area contributed by atoms with Crippen molar-refractivity contribution >= 4 is 18.0 Å². The zero-order chi connectivity index (χ0) is 23.4. The lowest BCUT2D eigenvalue weighted by molar-refractivity contribution is -0.142. The molecule has 0 aliphatic heterocycles. The van der Waals surface area contributed by atoms with Crippen LogP contribution in [0.4, 0.5) is 4.79 Å². The molecule has 2 atom stereocenters. The smallest absolute Gasteiger partial charge is 0.407 e. The Labute approximate surface area is 191 Å². The van der Waals surface area contributed by atoms with Crippen LogP contribution in [0.3, 0.4) is 0 Å². The zero-order valence-corrected chi connectivity index (χ0v) is 18.0. The Kier molecular flexibility index (Phi) is 6.40. The Balaban J connectivity index is 1.36. The molecule has 33 heavy (non-hydrogen) atoms. The van der Waals surface area contributed by atoms with Gasteiger partial charge in [-0.15, -0.1) is 0 Å². The van der Waals surface area contributed by atoms with Crippen molar-refractivity contribution in [2.24, 2.45) is 0 Å². The highest BCUT2D eigenvalue weighted by atomic mass is 16.5. The molecule has 0 fully saturated rings. The maximum atomic E-state index is 12.5. The maximum Gasteiger partial charge on any atom is 0.407 e. The number of benzene rings is 3. The van der Waals surface area contributed by atoms with Crippen molar-refractivity contribution in [3.05, 3.63) is 95.6 Å². The molecule has 3 aromatic carbocycles. The lowest BCUT2D eigenvalue weighted by Gasteiger charge is -2.20. The van der Waals surface area contributed by atoms with Crippen LogP contribution < -0.4 is 10.6 Å². The monoisotopic (exact) mass is 444 g/mol. The number of fused-ring (bicyclic) bond motifs is 3. The van der Waals surface area contributed by atoms with Gasteiger partial charge in [0.25, 0.3) is 0 Å². The van der Waals surface area contributed by atoms with Crippen molar-refractivity contribution in [2.45, 2.75) is 24.9 Å². The van der Waals surface area contributed by atoms with Gasteiger partial charge in [-0.05, 0) is 34.7 Å². The average molecular weight is 444 g/mol. The van der Waals surface area contributed by atoms with E-state index in [9.17, 15) is 19.5 Å². The summed E-state index contributed by atoms with van der Waals surface area (Å²) in [6, 6.07) is 22.2. The average Bonchev–Trinajstić information content (AvgIpc) is 3.15. The largest absolute Gasteiger partial charge is 0.479 e. The third-order valence-electron chi connectivity index (χ3n) is 5.74. The second kappa shape index (κ2) is 9.56. The normalized spacial score (nSPS) is 13.8. The molecule has 0 bridgehead atoms. The van der Waals surface area contributed by atoms with Crippen molar-refractivity contribution in [3.63, 3.8) is 0 Å². The summed E-state index contributed by atoms with van der Waals surface area (Å²) in [7, 11) is 0. The van der Waals surface area contributed by atoms with Gasteiger partial charge in [0.2, 0.25) is 5.91 Å². The standard InChI is InChI=1S/C26H24N2O5/c1-16(24(29)28-23(25(30)31)17-9-3-2-4-10-17)27-26(32)33-15-22-20-13-7-5-11-18(20)19-12-6-8-14-21(19)22/h2-14,16,22-23H,15H2,1H3,(H,27,32)(H,28,29)(H,30,31)/t16-,23?/m1/s1. The number of ether oxygens (including phenoxy) is 1. The van der Waals surface area contributed by atoms with E-state index in [-0.39, 0.29) is 12.5 Å². The topological polar surface area (TPSA) is 105 Å². The highest BCUT2D eigenvalue weighted by molar-refractivity contribution is 5.89. The molecule has 0 heterocycles. The molecule has 0 saturated heterocycles. The van der Waals surface area contributed by atoms with E-state index < -0.39 is 30.1 Å². The second-order valence-corrected chi connectivity index (χ2v) is 7.88. The molecule has 2 amide bonds. The van der Waals surface area contributed by atoms with E-state index >= 15 is 0 Å². The molecule has 1 unspecified atom stereocenters. The molecule has 3 aromatic rings. The number of hydrogen-bond acceptors (Lipinski definition) is 4. The van der Waals surface area contributed by atoms with E-state index in [1.165, 1.54) is 6.92 Å². The summed E-state index contributed by atoms with van der Waals surface area (Å²) >= 11 is 0.